The Balaban J connectivity index is 1.57. The van der Waals surface area contributed by atoms with Crippen LogP contribution in [-0.4, -0.2) is 0 Å². The second-order valence-corrected chi connectivity index (χ2v) is 9.97. The maximum atomic E-state index is 2.35. The lowest BCUT2D eigenvalue weighted by atomic mass is 9.85. The number of aryl methyl sites for hydroxylation is 2. The zero-order valence-electron chi connectivity index (χ0n) is 20.5. The summed E-state index contributed by atoms with van der Waals surface area (Å²) in [6.07, 6.45) is 0. The zero-order chi connectivity index (χ0) is 24.2. The van der Waals surface area contributed by atoms with E-state index in [9.17, 15) is 0 Å². The van der Waals surface area contributed by atoms with Gasteiger partial charge in [-0.2, -0.15) is 0 Å². The van der Waals surface area contributed by atoms with Crippen molar-refractivity contribution in [2.75, 3.05) is 0 Å². The molecule has 170 valence electrons. The molecule has 0 aliphatic rings. The van der Waals surface area contributed by atoms with Gasteiger partial charge in [0.2, 0.25) is 0 Å². The van der Waals surface area contributed by atoms with E-state index >= 15 is 0 Å². The molecule has 0 N–H and O–H groups in total. The quantitative estimate of drug-likeness (QED) is 0.226. The predicted octanol–water partition coefficient (Wildman–Crippen LogP) is 10.3. The van der Waals surface area contributed by atoms with Crippen molar-refractivity contribution in [2.45, 2.75) is 13.8 Å². The molecule has 0 radical (unpaired) electrons. The third-order valence-electron chi connectivity index (χ3n) is 7.50. The summed E-state index contributed by atoms with van der Waals surface area (Å²) in [5, 5.41) is 10.3. The first-order valence-corrected chi connectivity index (χ1v) is 12.6. The molecule has 0 spiro atoms. The van der Waals surface area contributed by atoms with Crippen molar-refractivity contribution >= 4 is 43.1 Å². The predicted molar refractivity (Wildman–Crippen MR) is 157 cm³/mol. The molecule has 0 heterocycles. The Morgan fingerprint density at radius 2 is 0.667 bits per heavy atom. The van der Waals surface area contributed by atoms with Crippen LogP contribution in [0.4, 0.5) is 0 Å². The fourth-order valence-corrected chi connectivity index (χ4v) is 5.79. The number of benzene rings is 7. The maximum absolute atomic E-state index is 2.35. The first kappa shape index (κ1) is 20.9. The fraction of sp³-hybridized carbons (Fsp3) is 0.0556. The van der Waals surface area contributed by atoms with Gasteiger partial charge >= 0.3 is 0 Å². The lowest BCUT2D eigenvalue weighted by Crippen LogP contribution is -1.91. The third kappa shape index (κ3) is 3.30. The van der Waals surface area contributed by atoms with Gasteiger partial charge in [0, 0.05) is 0 Å². The van der Waals surface area contributed by atoms with E-state index in [4.69, 9.17) is 0 Å². The minimum absolute atomic E-state index is 1.26. The van der Waals surface area contributed by atoms with Crippen molar-refractivity contribution in [3.8, 4) is 22.3 Å². The molecule has 0 aromatic heterocycles. The highest BCUT2D eigenvalue weighted by atomic mass is 14.2. The molecule has 36 heavy (non-hydrogen) atoms. The van der Waals surface area contributed by atoms with Gasteiger partial charge in [0.15, 0.2) is 0 Å². The molecule has 0 aliphatic heterocycles. The average Bonchev–Trinajstić information content (AvgIpc) is 2.91. The molecule has 0 aliphatic carbocycles. The molecule has 7 aromatic rings. The third-order valence-corrected chi connectivity index (χ3v) is 7.50. The van der Waals surface area contributed by atoms with E-state index in [1.54, 1.807) is 0 Å². The van der Waals surface area contributed by atoms with Crippen molar-refractivity contribution in [1.82, 2.24) is 0 Å². The number of hydrogen-bond acceptors (Lipinski definition) is 0. The van der Waals surface area contributed by atoms with Crippen molar-refractivity contribution in [3.63, 3.8) is 0 Å². The summed E-state index contributed by atoms with van der Waals surface area (Å²) in [6.45, 7) is 4.31. The topological polar surface area (TPSA) is 0 Å². The van der Waals surface area contributed by atoms with Crippen LogP contribution in [0, 0.1) is 13.8 Å². The van der Waals surface area contributed by atoms with Crippen LogP contribution in [0.25, 0.3) is 65.3 Å². The molecule has 7 aromatic carbocycles. The van der Waals surface area contributed by atoms with E-state index in [0.29, 0.717) is 0 Å². The Morgan fingerprint density at radius 3 is 1.06 bits per heavy atom. The SMILES string of the molecule is Cc1ccc2cc(-c3c4ccccc4c(-c4ccc5cc(C)ccc5c4)c4ccccc34)ccc2c1. The highest BCUT2D eigenvalue weighted by Gasteiger charge is 2.16. The molecular formula is C36H26. The molecule has 0 bridgehead atoms. The van der Waals surface area contributed by atoms with Gasteiger partial charge in [-0.3, -0.25) is 0 Å². The molecule has 0 unspecified atom stereocenters. The van der Waals surface area contributed by atoms with Crippen molar-refractivity contribution in [1.29, 1.82) is 0 Å². The minimum atomic E-state index is 1.26. The summed E-state index contributed by atoms with van der Waals surface area (Å²) >= 11 is 0. The molecule has 0 saturated heterocycles. The van der Waals surface area contributed by atoms with Crippen molar-refractivity contribution in [2.24, 2.45) is 0 Å². The fourth-order valence-electron chi connectivity index (χ4n) is 5.79. The average molecular weight is 459 g/mol. The van der Waals surface area contributed by atoms with Gasteiger partial charge in [-0.05, 0) is 91.3 Å². The highest BCUT2D eigenvalue weighted by molar-refractivity contribution is 6.22. The maximum Gasteiger partial charge on any atom is -0.00262 e. The van der Waals surface area contributed by atoms with Gasteiger partial charge in [-0.25, -0.2) is 0 Å². The largest absolute Gasteiger partial charge is 0.0616 e. The van der Waals surface area contributed by atoms with Crippen LogP contribution < -0.4 is 0 Å². The van der Waals surface area contributed by atoms with Crippen LogP contribution >= 0.6 is 0 Å². The summed E-state index contributed by atoms with van der Waals surface area (Å²) in [6, 6.07) is 45.0. The van der Waals surface area contributed by atoms with Crippen LogP contribution in [0.15, 0.2) is 121 Å². The Bertz CT molecular complexity index is 1760. The van der Waals surface area contributed by atoms with Crippen LogP contribution in [0.3, 0.4) is 0 Å². The molecule has 7 rings (SSSR count). The standard InChI is InChI=1S/C36H26/c1-23-11-13-27-21-29(17-15-25(27)19-23)35-31-7-3-5-9-33(31)36(34-10-6-4-8-32(34)35)30-18-16-26-20-24(2)12-14-28(26)22-30/h3-22H,1-2H3. The lowest BCUT2D eigenvalue weighted by molar-refractivity contribution is 1.50. The van der Waals surface area contributed by atoms with E-state index in [1.165, 1.54) is 76.5 Å². The van der Waals surface area contributed by atoms with Gasteiger partial charge < -0.3 is 0 Å². The van der Waals surface area contributed by atoms with E-state index in [2.05, 4.69) is 135 Å². The highest BCUT2D eigenvalue weighted by Crippen LogP contribution is 2.44. The van der Waals surface area contributed by atoms with Gasteiger partial charge in [-0.1, -0.05) is 120 Å². The summed E-state index contributed by atoms with van der Waals surface area (Å²) in [5.41, 5.74) is 7.73. The second kappa shape index (κ2) is 8.07. The van der Waals surface area contributed by atoms with Crippen LogP contribution in [-0.2, 0) is 0 Å². The van der Waals surface area contributed by atoms with E-state index in [-0.39, 0.29) is 0 Å². The van der Waals surface area contributed by atoms with Crippen LogP contribution in [0.1, 0.15) is 11.1 Å². The summed E-state index contributed by atoms with van der Waals surface area (Å²) < 4.78 is 0. The Morgan fingerprint density at radius 1 is 0.333 bits per heavy atom. The number of fused-ring (bicyclic) bond motifs is 4. The molecular weight excluding hydrogens is 432 g/mol. The lowest BCUT2D eigenvalue weighted by Gasteiger charge is -2.18. The first-order chi connectivity index (χ1) is 17.7. The van der Waals surface area contributed by atoms with Crippen molar-refractivity contribution < 1.29 is 0 Å². The zero-order valence-corrected chi connectivity index (χ0v) is 20.5. The molecule has 0 atom stereocenters. The molecule has 0 nitrogen and oxygen atoms in total. The summed E-state index contributed by atoms with van der Waals surface area (Å²) in [5.74, 6) is 0. The van der Waals surface area contributed by atoms with Gasteiger partial charge in [0.25, 0.3) is 0 Å². The van der Waals surface area contributed by atoms with Gasteiger partial charge in [0.05, 0.1) is 0 Å². The van der Waals surface area contributed by atoms with E-state index < -0.39 is 0 Å². The Hall–Kier alpha value is -4.42. The molecule has 0 saturated carbocycles. The number of rotatable bonds is 2. The Labute approximate surface area is 211 Å². The monoisotopic (exact) mass is 458 g/mol. The van der Waals surface area contributed by atoms with Gasteiger partial charge in [0.1, 0.15) is 0 Å². The van der Waals surface area contributed by atoms with Crippen LogP contribution in [0.5, 0.6) is 0 Å². The molecule has 0 amide bonds. The molecule has 0 heteroatoms. The van der Waals surface area contributed by atoms with Crippen LogP contribution in [0.2, 0.25) is 0 Å². The number of hydrogen-bond donors (Lipinski definition) is 0. The first-order valence-electron chi connectivity index (χ1n) is 12.6. The van der Waals surface area contributed by atoms with E-state index in [0.717, 1.165) is 0 Å². The summed E-state index contributed by atoms with van der Waals surface area (Å²) in [7, 11) is 0. The second-order valence-electron chi connectivity index (χ2n) is 9.97. The van der Waals surface area contributed by atoms with Gasteiger partial charge in [-0.15, -0.1) is 0 Å². The molecule has 0 fully saturated rings. The smallest absolute Gasteiger partial charge is 0.00262 e. The summed E-state index contributed by atoms with van der Waals surface area (Å²) in [4.78, 5) is 0. The Kier molecular flexibility index (Phi) is 4.69. The van der Waals surface area contributed by atoms with E-state index in [1.807, 2.05) is 0 Å². The normalized spacial score (nSPS) is 11.6. The minimum Gasteiger partial charge on any atom is -0.0616 e. The van der Waals surface area contributed by atoms with Crippen molar-refractivity contribution in [3.05, 3.63) is 132 Å².